The monoisotopic (exact) mass is 344 g/mol. The number of piperazine rings is 1. The van der Waals surface area contributed by atoms with E-state index >= 15 is 0 Å². The van der Waals surface area contributed by atoms with Crippen molar-refractivity contribution in [2.45, 2.75) is 6.92 Å². The van der Waals surface area contributed by atoms with Gasteiger partial charge in [-0.3, -0.25) is 14.8 Å². The van der Waals surface area contributed by atoms with Gasteiger partial charge in [0.05, 0.1) is 24.9 Å². The summed E-state index contributed by atoms with van der Waals surface area (Å²) in [5.74, 6) is 0.851. The highest BCUT2D eigenvalue weighted by molar-refractivity contribution is 5.93. The maximum absolute atomic E-state index is 9.02. The highest BCUT2D eigenvalue weighted by atomic mass is 16.5. The largest absolute Gasteiger partial charge is 0.497 e. The van der Waals surface area contributed by atoms with Gasteiger partial charge in [0.15, 0.2) is 0 Å². The Morgan fingerprint density at radius 3 is 2.56 bits per heavy atom. The molecule has 136 valence electrons. The standard InChI is InChI=1S/C19H28N4O2/c1-15-3-4-21-19-17(15)13-16(25-2)14-18(19)20-5-6-22-7-9-23(10-8-22)11-12-24/h3-4,13-14,20,24H,5-12H2,1-2H3. The minimum atomic E-state index is 0.247. The number of hydrogen-bond donors (Lipinski definition) is 2. The number of aromatic nitrogens is 1. The third kappa shape index (κ3) is 4.39. The summed E-state index contributed by atoms with van der Waals surface area (Å²) < 4.78 is 5.44. The molecule has 1 aromatic carbocycles. The minimum Gasteiger partial charge on any atom is -0.497 e. The Kier molecular flexibility index (Phi) is 6.07. The number of aryl methyl sites for hydroxylation is 1. The van der Waals surface area contributed by atoms with E-state index in [1.54, 1.807) is 7.11 Å². The average molecular weight is 344 g/mol. The average Bonchev–Trinajstić information content (AvgIpc) is 2.64. The number of nitrogens with zero attached hydrogens (tertiary/aromatic N) is 3. The number of nitrogens with one attached hydrogen (secondary N) is 1. The molecule has 6 nitrogen and oxygen atoms in total. The summed E-state index contributed by atoms with van der Waals surface area (Å²) in [7, 11) is 1.70. The van der Waals surface area contributed by atoms with Crippen molar-refractivity contribution in [3.8, 4) is 5.75 Å². The summed E-state index contributed by atoms with van der Waals surface area (Å²) in [5, 5.41) is 13.7. The van der Waals surface area contributed by atoms with Crippen LogP contribution in [0.5, 0.6) is 5.75 Å². The molecule has 1 aliphatic heterocycles. The lowest BCUT2D eigenvalue weighted by atomic mass is 10.1. The van der Waals surface area contributed by atoms with E-state index in [2.05, 4.69) is 27.0 Å². The Morgan fingerprint density at radius 2 is 1.88 bits per heavy atom. The van der Waals surface area contributed by atoms with Crippen molar-refractivity contribution in [2.24, 2.45) is 0 Å². The summed E-state index contributed by atoms with van der Waals surface area (Å²) in [6.45, 7) is 9.17. The molecular formula is C19H28N4O2. The number of aliphatic hydroxyl groups is 1. The van der Waals surface area contributed by atoms with Crippen LogP contribution in [0.2, 0.25) is 0 Å². The molecule has 0 aliphatic carbocycles. The van der Waals surface area contributed by atoms with E-state index in [-0.39, 0.29) is 6.61 Å². The molecule has 0 spiro atoms. The molecule has 1 aromatic heterocycles. The number of hydrogen-bond acceptors (Lipinski definition) is 6. The van der Waals surface area contributed by atoms with E-state index < -0.39 is 0 Å². The van der Waals surface area contributed by atoms with Crippen molar-refractivity contribution < 1.29 is 9.84 Å². The molecule has 3 rings (SSSR count). The molecule has 25 heavy (non-hydrogen) atoms. The Bertz CT molecular complexity index is 699. The van der Waals surface area contributed by atoms with Gasteiger partial charge in [0.25, 0.3) is 0 Å². The Hall–Kier alpha value is -1.89. The molecule has 0 amide bonds. The molecule has 0 atom stereocenters. The lowest BCUT2D eigenvalue weighted by Crippen LogP contribution is -2.48. The molecule has 0 bridgehead atoms. The van der Waals surface area contributed by atoms with Crippen LogP contribution in [0.25, 0.3) is 10.9 Å². The number of fused-ring (bicyclic) bond motifs is 1. The molecule has 1 fully saturated rings. The van der Waals surface area contributed by atoms with Crippen molar-refractivity contribution in [1.29, 1.82) is 0 Å². The zero-order chi connectivity index (χ0) is 17.6. The maximum Gasteiger partial charge on any atom is 0.121 e. The first-order valence-electron chi connectivity index (χ1n) is 8.94. The molecule has 0 saturated carbocycles. The minimum absolute atomic E-state index is 0.247. The third-order valence-electron chi connectivity index (χ3n) is 4.90. The van der Waals surface area contributed by atoms with E-state index in [9.17, 15) is 0 Å². The van der Waals surface area contributed by atoms with Gasteiger partial charge in [0, 0.05) is 63.5 Å². The second-order valence-corrected chi connectivity index (χ2v) is 6.53. The van der Waals surface area contributed by atoms with E-state index in [1.807, 2.05) is 24.4 Å². The van der Waals surface area contributed by atoms with Crippen LogP contribution in [0.4, 0.5) is 5.69 Å². The fourth-order valence-electron chi connectivity index (χ4n) is 3.34. The Labute approximate surface area is 149 Å². The maximum atomic E-state index is 9.02. The molecule has 1 saturated heterocycles. The molecule has 2 heterocycles. The first-order valence-corrected chi connectivity index (χ1v) is 8.94. The summed E-state index contributed by atoms with van der Waals surface area (Å²) >= 11 is 0. The van der Waals surface area contributed by atoms with Crippen LogP contribution < -0.4 is 10.1 Å². The van der Waals surface area contributed by atoms with Crippen molar-refractivity contribution in [1.82, 2.24) is 14.8 Å². The summed E-state index contributed by atoms with van der Waals surface area (Å²) in [4.78, 5) is 9.32. The van der Waals surface area contributed by atoms with Crippen LogP contribution in [0.3, 0.4) is 0 Å². The van der Waals surface area contributed by atoms with E-state index in [0.717, 1.165) is 68.2 Å². The van der Waals surface area contributed by atoms with Gasteiger partial charge < -0.3 is 15.2 Å². The fourth-order valence-corrected chi connectivity index (χ4v) is 3.34. The van der Waals surface area contributed by atoms with Crippen LogP contribution in [0.1, 0.15) is 5.56 Å². The second-order valence-electron chi connectivity index (χ2n) is 6.53. The molecule has 6 heteroatoms. The number of methoxy groups -OCH3 is 1. The van der Waals surface area contributed by atoms with Crippen molar-refractivity contribution in [2.75, 3.05) is 64.8 Å². The summed E-state index contributed by atoms with van der Waals surface area (Å²) in [6, 6.07) is 6.09. The van der Waals surface area contributed by atoms with Crippen molar-refractivity contribution >= 4 is 16.6 Å². The lowest BCUT2D eigenvalue weighted by Gasteiger charge is -2.34. The van der Waals surface area contributed by atoms with Gasteiger partial charge in [0.2, 0.25) is 0 Å². The van der Waals surface area contributed by atoms with Gasteiger partial charge >= 0.3 is 0 Å². The number of β-amino-alcohol motifs (C(OH)–C–C–N with tert-alkyl or cyclic N) is 1. The zero-order valence-corrected chi connectivity index (χ0v) is 15.2. The van der Waals surface area contributed by atoms with E-state index in [1.165, 1.54) is 5.56 Å². The van der Waals surface area contributed by atoms with Crippen LogP contribution in [-0.2, 0) is 0 Å². The number of rotatable bonds is 7. The van der Waals surface area contributed by atoms with Crippen LogP contribution >= 0.6 is 0 Å². The smallest absolute Gasteiger partial charge is 0.121 e. The van der Waals surface area contributed by atoms with Gasteiger partial charge in [-0.2, -0.15) is 0 Å². The SMILES string of the molecule is COc1cc(NCCN2CCN(CCO)CC2)c2nccc(C)c2c1. The van der Waals surface area contributed by atoms with Gasteiger partial charge in [-0.1, -0.05) is 0 Å². The van der Waals surface area contributed by atoms with Gasteiger partial charge in [-0.15, -0.1) is 0 Å². The highest BCUT2D eigenvalue weighted by Crippen LogP contribution is 2.29. The predicted octanol–water partition coefficient (Wildman–Crippen LogP) is 1.57. The van der Waals surface area contributed by atoms with Gasteiger partial charge in [-0.05, 0) is 24.6 Å². The molecule has 1 aliphatic rings. The highest BCUT2D eigenvalue weighted by Gasteiger charge is 2.16. The number of anilines is 1. The Morgan fingerprint density at radius 1 is 1.16 bits per heavy atom. The topological polar surface area (TPSA) is 60.9 Å². The molecule has 0 radical (unpaired) electrons. The normalized spacial score (nSPS) is 16.3. The van der Waals surface area contributed by atoms with Gasteiger partial charge in [-0.25, -0.2) is 0 Å². The first kappa shape index (κ1) is 17.9. The zero-order valence-electron chi connectivity index (χ0n) is 15.2. The second kappa shape index (κ2) is 8.47. The number of pyridine rings is 1. The summed E-state index contributed by atoms with van der Waals surface area (Å²) in [5.41, 5.74) is 3.22. The number of aliphatic hydroxyl groups excluding tert-OH is 1. The first-order chi connectivity index (χ1) is 12.2. The Balaban J connectivity index is 1.61. The molecule has 2 N–H and O–H groups in total. The quantitative estimate of drug-likeness (QED) is 0.795. The fraction of sp³-hybridized carbons (Fsp3) is 0.526. The molecule has 2 aromatic rings. The van der Waals surface area contributed by atoms with Crippen LogP contribution in [0.15, 0.2) is 24.4 Å². The number of ether oxygens (including phenoxy) is 1. The van der Waals surface area contributed by atoms with Crippen molar-refractivity contribution in [3.63, 3.8) is 0 Å². The van der Waals surface area contributed by atoms with Crippen molar-refractivity contribution in [3.05, 3.63) is 30.0 Å². The predicted molar refractivity (Wildman–Crippen MR) is 101 cm³/mol. The lowest BCUT2D eigenvalue weighted by molar-refractivity contribution is 0.115. The van der Waals surface area contributed by atoms with E-state index in [4.69, 9.17) is 9.84 Å². The van der Waals surface area contributed by atoms with Crippen LogP contribution in [0, 0.1) is 6.92 Å². The summed E-state index contributed by atoms with van der Waals surface area (Å²) in [6.07, 6.45) is 1.86. The van der Waals surface area contributed by atoms with E-state index in [0.29, 0.717) is 0 Å². The third-order valence-corrected chi connectivity index (χ3v) is 4.90. The van der Waals surface area contributed by atoms with Crippen LogP contribution in [-0.4, -0.2) is 79.4 Å². The number of benzene rings is 1. The molecular weight excluding hydrogens is 316 g/mol. The molecule has 0 unspecified atom stereocenters. The van der Waals surface area contributed by atoms with Gasteiger partial charge in [0.1, 0.15) is 5.75 Å².